The molecule has 0 radical (unpaired) electrons. The molecule has 2 amide bonds. The predicted octanol–water partition coefficient (Wildman–Crippen LogP) is 1.99. The van der Waals surface area contributed by atoms with E-state index < -0.39 is 5.91 Å². The van der Waals surface area contributed by atoms with Crippen molar-refractivity contribution in [1.82, 2.24) is 5.48 Å². The summed E-state index contributed by atoms with van der Waals surface area (Å²) in [7, 11) is 0. The Morgan fingerprint density at radius 2 is 1.50 bits per heavy atom. The number of carbonyl (C=O) groups is 2. The lowest BCUT2D eigenvalue weighted by Gasteiger charge is -2.07. The zero-order valence-electron chi connectivity index (χ0n) is 10.7. The number of benzene rings is 2. The van der Waals surface area contributed by atoms with Gasteiger partial charge >= 0.3 is 0 Å². The monoisotopic (exact) mass is 270 g/mol. The van der Waals surface area contributed by atoms with Crippen molar-refractivity contribution in [2.75, 3.05) is 11.9 Å². The third kappa shape index (κ3) is 4.22. The molecular formula is C15H14N2O3. The van der Waals surface area contributed by atoms with E-state index in [-0.39, 0.29) is 12.5 Å². The smallest absolute Gasteiger partial charge is 0.274 e. The minimum atomic E-state index is -0.391. The highest BCUT2D eigenvalue weighted by Crippen LogP contribution is 2.04. The molecule has 2 aromatic rings. The van der Waals surface area contributed by atoms with Crippen LogP contribution in [0.2, 0.25) is 0 Å². The highest BCUT2D eigenvalue weighted by Gasteiger charge is 2.06. The molecule has 0 atom stereocenters. The van der Waals surface area contributed by atoms with E-state index in [1.807, 2.05) is 24.3 Å². The fraction of sp³-hybridized carbons (Fsp3) is 0.0667. The largest absolute Gasteiger partial charge is 0.324 e. The Balaban J connectivity index is 1.73. The summed E-state index contributed by atoms with van der Waals surface area (Å²) in [4.78, 5) is 28.0. The number of hydroxylamine groups is 1. The highest BCUT2D eigenvalue weighted by molar-refractivity contribution is 5.94. The highest BCUT2D eigenvalue weighted by atomic mass is 16.7. The molecule has 0 heterocycles. The quantitative estimate of drug-likeness (QED) is 0.816. The van der Waals surface area contributed by atoms with Crippen LogP contribution in [0.25, 0.3) is 0 Å². The van der Waals surface area contributed by atoms with Crippen molar-refractivity contribution in [3.63, 3.8) is 0 Å². The van der Waals surface area contributed by atoms with Gasteiger partial charge in [0.25, 0.3) is 11.8 Å². The average Bonchev–Trinajstić information content (AvgIpc) is 2.49. The lowest BCUT2D eigenvalue weighted by Crippen LogP contribution is -2.29. The molecule has 0 unspecified atom stereocenters. The van der Waals surface area contributed by atoms with Gasteiger partial charge in [-0.2, -0.15) is 0 Å². The normalized spacial score (nSPS) is 9.80. The van der Waals surface area contributed by atoms with Gasteiger partial charge in [-0.3, -0.25) is 14.4 Å². The van der Waals surface area contributed by atoms with Crippen molar-refractivity contribution in [1.29, 1.82) is 0 Å². The Morgan fingerprint density at radius 3 is 2.15 bits per heavy atom. The molecule has 2 N–H and O–H groups in total. The van der Waals surface area contributed by atoms with Crippen LogP contribution in [0.1, 0.15) is 10.4 Å². The first kappa shape index (κ1) is 13.8. The number of hydrogen-bond donors (Lipinski definition) is 2. The SMILES string of the molecule is O=C(CONC(=O)c1ccccc1)Nc1ccccc1. The van der Waals surface area contributed by atoms with E-state index in [2.05, 4.69) is 10.8 Å². The molecule has 0 saturated carbocycles. The number of anilines is 1. The molecule has 0 bridgehead atoms. The Labute approximate surface area is 116 Å². The summed E-state index contributed by atoms with van der Waals surface area (Å²) in [5.41, 5.74) is 3.36. The summed E-state index contributed by atoms with van der Waals surface area (Å²) in [5.74, 6) is -0.734. The molecule has 0 aliphatic heterocycles. The van der Waals surface area contributed by atoms with Gasteiger partial charge in [0.05, 0.1) is 0 Å². The van der Waals surface area contributed by atoms with Crippen LogP contribution in [-0.2, 0) is 9.63 Å². The fourth-order valence-electron chi connectivity index (χ4n) is 1.53. The summed E-state index contributed by atoms with van der Waals surface area (Å²) < 4.78 is 0. The Morgan fingerprint density at radius 1 is 0.900 bits per heavy atom. The van der Waals surface area contributed by atoms with Crippen molar-refractivity contribution >= 4 is 17.5 Å². The van der Waals surface area contributed by atoms with Crippen molar-refractivity contribution in [3.8, 4) is 0 Å². The second-order valence-electron chi connectivity index (χ2n) is 4.00. The lowest BCUT2D eigenvalue weighted by molar-refractivity contribution is -0.122. The lowest BCUT2D eigenvalue weighted by atomic mass is 10.2. The topological polar surface area (TPSA) is 67.4 Å². The van der Waals surface area contributed by atoms with E-state index in [0.29, 0.717) is 11.3 Å². The van der Waals surface area contributed by atoms with Crippen molar-refractivity contribution in [2.45, 2.75) is 0 Å². The van der Waals surface area contributed by atoms with E-state index in [0.717, 1.165) is 0 Å². The maximum Gasteiger partial charge on any atom is 0.274 e. The predicted molar refractivity (Wildman–Crippen MR) is 74.9 cm³/mol. The molecule has 5 nitrogen and oxygen atoms in total. The van der Waals surface area contributed by atoms with E-state index in [1.165, 1.54) is 0 Å². The van der Waals surface area contributed by atoms with Crippen molar-refractivity contribution < 1.29 is 14.4 Å². The van der Waals surface area contributed by atoms with Gasteiger partial charge in [-0.05, 0) is 24.3 Å². The van der Waals surface area contributed by atoms with Crippen molar-refractivity contribution in [2.24, 2.45) is 0 Å². The van der Waals surface area contributed by atoms with Gasteiger partial charge in [-0.15, -0.1) is 0 Å². The molecular weight excluding hydrogens is 256 g/mol. The molecule has 5 heteroatoms. The third-order valence-electron chi connectivity index (χ3n) is 2.46. The Bertz CT molecular complexity index is 570. The van der Waals surface area contributed by atoms with Crippen LogP contribution in [0.5, 0.6) is 0 Å². The van der Waals surface area contributed by atoms with E-state index >= 15 is 0 Å². The number of carbonyl (C=O) groups excluding carboxylic acids is 2. The summed E-state index contributed by atoms with van der Waals surface area (Å²) in [5, 5.41) is 2.64. The van der Waals surface area contributed by atoms with Crippen LogP contribution in [0.3, 0.4) is 0 Å². The molecule has 20 heavy (non-hydrogen) atoms. The van der Waals surface area contributed by atoms with Crippen LogP contribution in [0, 0.1) is 0 Å². The molecule has 102 valence electrons. The van der Waals surface area contributed by atoms with Gasteiger partial charge < -0.3 is 5.32 Å². The average molecular weight is 270 g/mol. The molecule has 0 aliphatic rings. The Kier molecular flexibility index (Phi) is 4.86. The summed E-state index contributed by atoms with van der Waals surface area (Å²) in [6, 6.07) is 17.6. The van der Waals surface area contributed by atoms with Gasteiger partial charge in [0.2, 0.25) is 0 Å². The second-order valence-corrected chi connectivity index (χ2v) is 4.00. The van der Waals surface area contributed by atoms with E-state index in [9.17, 15) is 9.59 Å². The minimum Gasteiger partial charge on any atom is -0.324 e. The molecule has 2 aromatic carbocycles. The zero-order chi connectivity index (χ0) is 14.2. The van der Waals surface area contributed by atoms with Gasteiger partial charge in [-0.25, -0.2) is 5.48 Å². The van der Waals surface area contributed by atoms with E-state index in [1.54, 1.807) is 36.4 Å². The summed E-state index contributed by atoms with van der Waals surface area (Å²) >= 11 is 0. The van der Waals surface area contributed by atoms with Crippen LogP contribution in [-0.4, -0.2) is 18.4 Å². The maximum atomic E-state index is 11.6. The van der Waals surface area contributed by atoms with Gasteiger partial charge in [0.1, 0.15) is 0 Å². The standard InChI is InChI=1S/C15H14N2O3/c18-14(16-13-9-5-2-6-10-13)11-20-17-15(19)12-7-3-1-4-8-12/h1-10H,11H2,(H,16,18)(H,17,19). The zero-order valence-corrected chi connectivity index (χ0v) is 10.7. The molecule has 0 fully saturated rings. The summed E-state index contributed by atoms with van der Waals surface area (Å²) in [6.45, 7) is -0.256. The second kappa shape index (κ2) is 7.06. The van der Waals surface area contributed by atoms with Gasteiger partial charge in [0.15, 0.2) is 6.61 Å². The molecule has 0 aliphatic carbocycles. The molecule has 2 rings (SSSR count). The molecule has 0 saturated heterocycles. The minimum absolute atomic E-state index is 0.256. The van der Waals surface area contributed by atoms with Gasteiger partial charge in [-0.1, -0.05) is 36.4 Å². The number of amides is 2. The first-order valence-corrected chi connectivity index (χ1v) is 6.08. The fourth-order valence-corrected chi connectivity index (χ4v) is 1.53. The summed E-state index contributed by atoms with van der Waals surface area (Å²) in [6.07, 6.45) is 0. The maximum absolute atomic E-state index is 11.6. The number of hydrogen-bond acceptors (Lipinski definition) is 3. The molecule has 0 spiro atoms. The van der Waals surface area contributed by atoms with E-state index in [4.69, 9.17) is 4.84 Å². The van der Waals surface area contributed by atoms with Crippen LogP contribution in [0.15, 0.2) is 60.7 Å². The first-order chi connectivity index (χ1) is 9.75. The van der Waals surface area contributed by atoms with Crippen LogP contribution in [0.4, 0.5) is 5.69 Å². The first-order valence-electron chi connectivity index (χ1n) is 6.08. The van der Waals surface area contributed by atoms with Crippen molar-refractivity contribution in [3.05, 3.63) is 66.2 Å². The number of rotatable bonds is 5. The van der Waals surface area contributed by atoms with Crippen LogP contribution < -0.4 is 10.8 Å². The number of para-hydroxylation sites is 1. The van der Waals surface area contributed by atoms with Crippen LogP contribution >= 0.6 is 0 Å². The third-order valence-corrected chi connectivity index (χ3v) is 2.46. The van der Waals surface area contributed by atoms with Gasteiger partial charge in [0, 0.05) is 11.3 Å². The molecule has 0 aromatic heterocycles. The Hall–Kier alpha value is -2.66. The number of nitrogens with one attached hydrogen (secondary N) is 2.